The molecule has 1 amide bonds. The van der Waals surface area contributed by atoms with Gasteiger partial charge in [0.05, 0.1) is 0 Å². The Hall–Kier alpha value is -1.67. The van der Waals surface area contributed by atoms with Crippen molar-refractivity contribution in [3.63, 3.8) is 0 Å². The molecule has 2 atom stereocenters. The van der Waals surface area contributed by atoms with Crippen LogP contribution >= 0.6 is 0 Å². The fraction of sp³-hybridized carbons (Fsp3) is 0.727. The second-order valence-electron chi connectivity index (χ2n) is 4.23. The standard InChI is InChI=1S/C11H21N3O5/c12-6-2-1-3-8(11(18)19)14-9(15)5-4-7(13)10(16)17/h7-8H,1-6,12-13H2,(H,14,15)(H,16,17)(H,18,19). The van der Waals surface area contributed by atoms with Gasteiger partial charge in [-0.15, -0.1) is 0 Å². The molecule has 0 saturated heterocycles. The van der Waals surface area contributed by atoms with E-state index in [4.69, 9.17) is 21.7 Å². The second kappa shape index (κ2) is 9.29. The Morgan fingerprint density at radius 1 is 1.05 bits per heavy atom. The summed E-state index contributed by atoms with van der Waals surface area (Å²) >= 11 is 0. The SMILES string of the molecule is NCCCCC(NC(=O)CCC(N)C(=O)O)C(=O)O. The minimum absolute atomic E-state index is 0.0314. The quantitative estimate of drug-likeness (QED) is 0.316. The van der Waals surface area contributed by atoms with Crippen molar-refractivity contribution >= 4 is 17.8 Å². The van der Waals surface area contributed by atoms with Gasteiger partial charge in [0.25, 0.3) is 0 Å². The maximum atomic E-state index is 11.5. The summed E-state index contributed by atoms with van der Waals surface area (Å²) in [5.41, 5.74) is 10.5. The van der Waals surface area contributed by atoms with Gasteiger partial charge in [0.2, 0.25) is 5.91 Å². The van der Waals surface area contributed by atoms with Crippen molar-refractivity contribution in [1.29, 1.82) is 0 Å². The third-order valence-corrected chi connectivity index (χ3v) is 2.58. The molecule has 0 aliphatic heterocycles. The number of hydrogen-bond acceptors (Lipinski definition) is 5. The van der Waals surface area contributed by atoms with Gasteiger partial charge in [-0.05, 0) is 32.2 Å². The largest absolute Gasteiger partial charge is 0.480 e. The zero-order valence-corrected chi connectivity index (χ0v) is 10.7. The number of carbonyl (C=O) groups is 3. The molecule has 0 heterocycles. The summed E-state index contributed by atoms with van der Waals surface area (Å²) in [5.74, 6) is -2.82. The summed E-state index contributed by atoms with van der Waals surface area (Å²) in [7, 11) is 0. The van der Waals surface area contributed by atoms with E-state index in [2.05, 4.69) is 5.32 Å². The Balaban J connectivity index is 4.09. The van der Waals surface area contributed by atoms with Crippen LogP contribution < -0.4 is 16.8 Å². The number of unbranched alkanes of at least 4 members (excludes halogenated alkanes) is 1. The van der Waals surface area contributed by atoms with E-state index in [9.17, 15) is 14.4 Å². The van der Waals surface area contributed by atoms with Crippen LogP contribution in [-0.2, 0) is 14.4 Å². The Morgan fingerprint density at radius 2 is 1.68 bits per heavy atom. The van der Waals surface area contributed by atoms with E-state index >= 15 is 0 Å². The Bertz CT molecular complexity index is 321. The van der Waals surface area contributed by atoms with Crippen molar-refractivity contribution in [2.24, 2.45) is 11.5 Å². The van der Waals surface area contributed by atoms with Gasteiger partial charge < -0.3 is 27.0 Å². The number of amides is 1. The Labute approximate surface area is 111 Å². The number of rotatable bonds is 10. The smallest absolute Gasteiger partial charge is 0.326 e. The number of nitrogens with two attached hydrogens (primary N) is 2. The molecule has 0 radical (unpaired) electrons. The topological polar surface area (TPSA) is 156 Å². The van der Waals surface area contributed by atoms with Gasteiger partial charge in [-0.3, -0.25) is 9.59 Å². The van der Waals surface area contributed by atoms with E-state index in [0.29, 0.717) is 25.8 Å². The molecule has 0 aromatic carbocycles. The molecular formula is C11H21N3O5. The molecule has 19 heavy (non-hydrogen) atoms. The first-order valence-corrected chi connectivity index (χ1v) is 6.09. The number of carboxylic acids is 2. The molecule has 110 valence electrons. The first kappa shape index (κ1) is 17.3. The highest BCUT2D eigenvalue weighted by atomic mass is 16.4. The van der Waals surface area contributed by atoms with E-state index < -0.39 is 29.9 Å². The van der Waals surface area contributed by atoms with E-state index in [-0.39, 0.29) is 12.8 Å². The number of nitrogens with one attached hydrogen (secondary N) is 1. The number of carboxylic acid groups (broad SMARTS) is 2. The van der Waals surface area contributed by atoms with Crippen molar-refractivity contribution in [3.8, 4) is 0 Å². The van der Waals surface area contributed by atoms with Crippen molar-refractivity contribution in [2.75, 3.05) is 6.54 Å². The molecule has 8 nitrogen and oxygen atoms in total. The number of hydrogen-bond donors (Lipinski definition) is 5. The number of carbonyl (C=O) groups excluding carboxylic acids is 1. The maximum absolute atomic E-state index is 11.5. The average Bonchev–Trinajstić information content (AvgIpc) is 2.34. The summed E-state index contributed by atoms with van der Waals surface area (Å²) in [5, 5.41) is 19.8. The van der Waals surface area contributed by atoms with Gasteiger partial charge in [0.15, 0.2) is 0 Å². The molecule has 0 aromatic rings. The number of aliphatic carboxylic acids is 2. The summed E-state index contributed by atoms with van der Waals surface area (Å²) in [6.07, 6.45) is 1.43. The molecular weight excluding hydrogens is 254 g/mol. The van der Waals surface area contributed by atoms with Gasteiger partial charge >= 0.3 is 11.9 Å². The molecule has 0 fully saturated rings. The minimum atomic E-state index is -1.19. The maximum Gasteiger partial charge on any atom is 0.326 e. The average molecular weight is 275 g/mol. The first-order valence-electron chi connectivity index (χ1n) is 6.09. The van der Waals surface area contributed by atoms with E-state index in [1.165, 1.54) is 0 Å². The van der Waals surface area contributed by atoms with Crippen molar-refractivity contribution < 1.29 is 24.6 Å². The fourth-order valence-corrected chi connectivity index (χ4v) is 1.43. The van der Waals surface area contributed by atoms with Crippen molar-refractivity contribution in [3.05, 3.63) is 0 Å². The lowest BCUT2D eigenvalue weighted by Crippen LogP contribution is -2.41. The van der Waals surface area contributed by atoms with E-state index in [1.807, 2.05) is 0 Å². The molecule has 2 unspecified atom stereocenters. The zero-order valence-electron chi connectivity index (χ0n) is 10.7. The molecule has 0 spiro atoms. The minimum Gasteiger partial charge on any atom is -0.480 e. The van der Waals surface area contributed by atoms with Crippen LogP contribution in [0.3, 0.4) is 0 Å². The highest BCUT2D eigenvalue weighted by Crippen LogP contribution is 2.02. The van der Waals surface area contributed by atoms with Gasteiger partial charge in [0, 0.05) is 6.42 Å². The molecule has 0 aliphatic rings. The normalized spacial score (nSPS) is 13.6. The third-order valence-electron chi connectivity index (χ3n) is 2.58. The summed E-state index contributed by atoms with van der Waals surface area (Å²) in [6.45, 7) is 0.466. The molecule has 0 rings (SSSR count). The molecule has 8 heteroatoms. The Morgan fingerprint density at radius 3 is 2.16 bits per heavy atom. The van der Waals surface area contributed by atoms with Crippen molar-refractivity contribution in [2.45, 2.75) is 44.2 Å². The third kappa shape index (κ3) is 8.11. The zero-order chi connectivity index (χ0) is 14.8. The molecule has 0 saturated carbocycles. The predicted molar refractivity (Wildman–Crippen MR) is 67.3 cm³/mol. The lowest BCUT2D eigenvalue weighted by molar-refractivity contribution is -0.142. The highest BCUT2D eigenvalue weighted by molar-refractivity contribution is 5.84. The van der Waals surface area contributed by atoms with Crippen LogP contribution in [0.1, 0.15) is 32.1 Å². The molecule has 7 N–H and O–H groups in total. The van der Waals surface area contributed by atoms with Crippen molar-refractivity contribution in [1.82, 2.24) is 5.32 Å². The van der Waals surface area contributed by atoms with Gasteiger partial charge in [-0.1, -0.05) is 0 Å². The van der Waals surface area contributed by atoms with Crippen LogP contribution in [0.2, 0.25) is 0 Å². The second-order valence-corrected chi connectivity index (χ2v) is 4.23. The van der Waals surface area contributed by atoms with Crippen LogP contribution in [-0.4, -0.2) is 46.7 Å². The molecule has 0 bridgehead atoms. The molecule has 0 aromatic heterocycles. The van der Waals surface area contributed by atoms with Crippen LogP contribution in [0.4, 0.5) is 0 Å². The predicted octanol–water partition coefficient (Wildman–Crippen LogP) is -1.12. The monoisotopic (exact) mass is 275 g/mol. The fourth-order valence-electron chi connectivity index (χ4n) is 1.43. The van der Waals surface area contributed by atoms with Gasteiger partial charge in [-0.2, -0.15) is 0 Å². The van der Waals surface area contributed by atoms with Crippen LogP contribution in [0, 0.1) is 0 Å². The summed E-state index contributed by atoms with van der Waals surface area (Å²) < 4.78 is 0. The lowest BCUT2D eigenvalue weighted by Gasteiger charge is -2.14. The first-order chi connectivity index (χ1) is 8.88. The van der Waals surface area contributed by atoms with Crippen LogP contribution in [0.25, 0.3) is 0 Å². The van der Waals surface area contributed by atoms with E-state index in [1.54, 1.807) is 0 Å². The highest BCUT2D eigenvalue weighted by Gasteiger charge is 2.20. The molecule has 0 aliphatic carbocycles. The van der Waals surface area contributed by atoms with Crippen LogP contribution in [0.15, 0.2) is 0 Å². The van der Waals surface area contributed by atoms with Gasteiger partial charge in [-0.25, -0.2) is 4.79 Å². The van der Waals surface area contributed by atoms with Gasteiger partial charge in [0.1, 0.15) is 12.1 Å². The lowest BCUT2D eigenvalue weighted by atomic mass is 10.1. The van der Waals surface area contributed by atoms with E-state index in [0.717, 1.165) is 0 Å². The van der Waals surface area contributed by atoms with Crippen LogP contribution in [0.5, 0.6) is 0 Å². The summed E-state index contributed by atoms with van der Waals surface area (Å²) in [6, 6.07) is -2.09. The summed E-state index contributed by atoms with van der Waals surface area (Å²) in [4.78, 5) is 32.8. The Kier molecular flexibility index (Phi) is 8.47.